The van der Waals surface area contributed by atoms with Crippen LogP contribution in [0, 0.1) is 0 Å². The molecule has 0 heterocycles. The average molecular weight is 218 g/mol. The van der Waals surface area contributed by atoms with E-state index in [2.05, 4.69) is 0 Å². The number of hydrogen-bond donors (Lipinski definition) is 1. The minimum absolute atomic E-state index is 0.0601. The molecule has 3 heteroatoms. The Balaban J connectivity index is 2.82. The number of ketones is 2. The lowest BCUT2D eigenvalue weighted by atomic mass is 10.0. The number of rotatable bonds is 5. The number of carbonyl (C=O) groups is 2. The second-order valence-electron chi connectivity index (χ2n) is 3.30. The van der Waals surface area contributed by atoms with Gasteiger partial charge in [-0.1, -0.05) is 37.3 Å². The lowest BCUT2D eigenvalue weighted by Crippen LogP contribution is -1.99. The number of hydrogen-bond acceptors (Lipinski definition) is 3. The van der Waals surface area contributed by atoms with Crippen LogP contribution in [0.3, 0.4) is 0 Å². The first-order chi connectivity index (χ1) is 7.69. The summed E-state index contributed by atoms with van der Waals surface area (Å²) in [5.41, 5.74) is 1.13. The Labute approximate surface area is 94.4 Å². The summed E-state index contributed by atoms with van der Waals surface area (Å²) in [4.78, 5) is 22.8. The van der Waals surface area contributed by atoms with Gasteiger partial charge in [0.1, 0.15) is 0 Å². The maximum atomic E-state index is 11.5. The normalized spacial score (nSPS) is 10.6. The van der Waals surface area contributed by atoms with Gasteiger partial charge in [-0.15, -0.1) is 0 Å². The molecule has 1 N–H and O–H groups in total. The lowest BCUT2D eigenvalue weighted by Gasteiger charge is -1.99. The molecule has 0 unspecified atom stereocenters. The van der Waals surface area contributed by atoms with E-state index < -0.39 is 0 Å². The highest BCUT2D eigenvalue weighted by atomic mass is 16.2. The molecule has 84 valence electrons. The Bertz CT molecular complexity index is 402. The zero-order valence-corrected chi connectivity index (χ0v) is 9.14. The van der Waals surface area contributed by atoms with E-state index in [1.807, 2.05) is 0 Å². The number of aliphatic hydroxyl groups excluding tert-OH is 1. The van der Waals surface area contributed by atoms with Gasteiger partial charge < -0.3 is 5.11 Å². The van der Waals surface area contributed by atoms with Gasteiger partial charge in [-0.2, -0.15) is 0 Å². The molecule has 0 spiro atoms. The van der Waals surface area contributed by atoms with Crippen molar-refractivity contribution in [1.82, 2.24) is 0 Å². The van der Waals surface area contributed by atoms with E-state index in [0.29, 0.717) is 17.5 Å². The van der Waals surface area contributed by atoms with Gasteiger partial charge in [0.25, 0.3) is 0 Å². The molecule has 0 saturated heterocycles. The van der Waals surface area contributed by atoms with E-state index in [1.54, 1.807) is 31.2 Å². The van der Waals surface area contributed by atoms with E-state index >= 15 is 0 Å². The number of carbonyl (C=O) groups excluding carboxylic acids is 2. The zero-order chi connectivity index (χ0) is 12.0. The Morgan fingerprint density at radius 1 is 1.19 bits per heavy atom. The monoisotopic (exact) mass is 218 g/mol. The van der Waals surface area contributed by atoms with E-state index in [4.69, 9.17) is 5.11 Å². The van der Waals surface area contributed by atoms with Crippen LogP contribution in [0.4, 0.5) is 0 Å². The molecule has 0 bridgehead atoms. The third-order valence-corrected chi connectivity index (χ3v) is 2.19. The third kappa shape index (κ3) is 3.14. The van der Waals surface area contributed by atoms with Crippen molar-refractivity contribution >= 4 is 11.6 Å². The van der Waals surface area contributed by atoms with Crippen LogP contribution in [-0.2, 0) is 0 Å². The van der Waals surface area contributed by atoms with E-state index in [0.717, 1.165) is 0 Å². The van der Waals surface area contributed by atoms with Crippen LogP contribution in [0.5, 0.6) is 0 Å². The molecule has 0 radical (unpaired) electrons. The Kier molecular flexibility index (Phi) is 4.61. The van der Waals surface area contributed by atoms with Crippen molar-refractivity contribution in [3.05, 3.63) is 47.5 Å². The predicted molar refractivity (Wildman–Crippen MR) is 61.6 cm³/mol. The van der Waals surface area contributed by atoms with E-state index in [9.17, 15) is 9.59 Å². The molecule has 0 saturated carbocycles. The number of benzene rings is 1. The summed E-state index contributed by atoms with van der Waals surface area (Å²) >= 11 is 0. The van der Waals surface area contributed by atoms with Crippen molar-refractivity contribution in [1.29, 1.82) is 0 Å². The van der Waals surface area contributed by atoms with Crippen LogP contribution >= 0.6 is 0 Å². The fraction of sp³-hybridized carbons (Fsp3) is 0.231. The van der Waals surface area contributed by atoms with Gasteiger partial charge in [0.05, 0.1) is 6.61 Å². The van der Waals surface area contributed by atoms with Crippen molar-refractivity contribution in [3.8, 4) is 0 Å². The highest BCUT2D eigenvalue weighted by Crippen LogP contribution is 2.08. The average Bonchev–Trinajstić information content (AvgIpc) is 2.35. The van der Waals surface area contributed by atoms with Crippen LogP contribution in [0.2, 0.25) is 0 Å². The maximum absolute atomic E-state index is 11.5. The summed E-state index contributed by atoms with van der Waals surface area (Å²) in [6.07, 6.45) is 3.15. The molecule has 1 aromatic carbocycles. The molecular weight excluding hydrogens is 204 g/mol. The Morgan fingerprint density at radius 2 is 1.75 bits per heavy atom. The fourth-order valence-electron chi connectivity index (χ4n) is 1.28. The summed E-state index contributed by atoms with van der Waals surface area (Å²) in [6.45, 7) is 1.64. The lowest BCUT2D eigenvalue weighted by molar-refractivity contribution is 0.0986. The maximum Gasteiger partial charge on any atom is 0.185 e. The van der Waals surface area contributed by atoms with Crippen molar-refractivity contribution in [3.63, 3.8) is 0 Å². The van der Waals surface area contributed by atoms with E-state index in [-0.39, 0.29) is 18.2 Å². The molecule has 1 rings (SSSR count). The second-order valence-corrected chi connectivity index (χ2v) is 3.30. The highest BCUT2D eigenvalue weighted by Gasteiger charge is 2.05. The minimum atomic E-state index is -0.176. The number of allylic oxidation sites excluding steroid dienone is 1. The molecular formula is C13H14O3. The van der Waals surface area contributed by atoms with Gasteiger partial charge in [0.2, 0.25) is 0 Å². The summed E-state index contributed by atoms with van der Waals surface area (Å²) < 4.78 is 0. The molecule has 0 amide bonds. The number of aliphatic hydroxyl groups is 1. The van der Waals surface area contributed by atoms with Crippen LogP contribution in [0.1, 0.15) is 34.1 Å². The topological polar surface area (TPSA) is 54.4 Å². The third-order valence-electron chi connectivity index (χ3n) is 2.19. The number of Topliss-reactive ketones (excluding diaryl/α,β-unsaturated/α-hetero) is 1. The summed E-state index contributed by atoms with van der Waals surface area (Å²) in [5.74, 6) is -0.116. The molecule has 3 nitrogen and oxygen atoms in total. The molecule has 1 aromatic rings. The Morgan fingerprint density at radius 3 is 2.25 bits per heavy atom. The molecule has 0 fully saturated rings. The summed E-state index contributed by atoms with van der Waals surface area (Å²) in [6, 6.07) is 6.53. The van der Waals surface area contributed by atoms with Crippen LogP contribution in [0.25, 0.3) is 0 Å². The van der Waals surface area contributed by atoms with Gasteiger partial charge in [0, 0.05) is 17.5 Å². The van der Waals surface area contributed by atoms with Gasteiger partial charge in [-0.3, -0.25) is 9.59 Å². The predicted octanol–water partition coefficient (Wildman–Crippen LogP) is 2.01. The second kappa shape index (κ2) is 5.98. The van der Waals surface area contributed by atoms with Gasteiger partial charge in [0.15, 0.2) is 11.6 Å². The summed E-state index contributed by atoms with van der Waals surface area (Å²) in [7, 11) is 0. The molecule has 0 atom stereocenters. The molecule has 0 aromatic heterocycles. The van der Waals surface area contributed by atoms with Crippen LogP contribution in [0.15, 0.2) is 36.4 Å². The molecule has 0 aliphatic carbocycles. The first kappa shape index (κ1) is 12.3. The minimum Gasteiger partial charge on any atom is -0.392 e. The zero-order valence-electron chi connectivity index (χ0n) is 9.14. The van der Waals surface area contributed by atoms with Gasteiger partial charge in [-0.25, -0.2) is 0 Å². The van der Waals surface area contributed by atoms with E-state index in [1.165, 1.54) is 12.2 Å². The van der Waals surface area contributed by atoms with Crippen molar-refractivity contribution < 1.29 is 14.7 Å². The standard InChI is InChI=1S/C13H14O3/c1-2-12(15)10-5-7-11(8-6-10)13(16)4-3-9-14/h3-8,14H,2,9H2,1H3/b4-3+. The fourth-order valence-corrected chi connectivity index (χ4v) is 1.28. The van der Waals surface area contributed by atoms with Crippen molar-refractivity contribution in [2.24, 2.45) is 0 Å². The largest absolute Gasteiger partial charge is 0.392 e. The van der Waals surface area contributed by atoms with Gasteiger partial charge in [-0.05, 0) is 6.08 Å². The van der Waals surface area contributed by atoms with Crippen LogP contribution < -0.4 is 0 Å². The molecule has 0 aliphatic rings. The van der Waals surface area contributed by atoms with Crippen LogP contribution in [-0.4, -0.2) is 23.3 Å². The first-order valence-electron chi connectivity index (χ1n) is 5.14. The highest BCUT2D eigenvalue weighted by molar-refractivity contribution is 6.05. The van der Waals surface area contributed by atoms with Crippen molar-refractivity contribution in [2.45, 2.75) is 13.3 Å². The van der Waals surface area contributed by atoms with Crippen molar-refractivity contribution in [2.75, 3.05) is 6.61 Å². The summed E-state index contributed by atoms with van der Waals surface area (Å²) in [5, 5.41) is 8.53. The SMILES string of the molecule is CCC(=O)c1ccc(C(=O)/C=C/CO)cc1. The van der Waals surface area contributed by atoms with Gasteiger partial charge >= 0.3 is 0 Å². The Hall–Kier alpha value is -1.74. The molecule has 0 aliphatic heterocycles. The first-order valence-corrected chi connectivity index (χ1v) is 5.14. The quantitative estimate of drug-likeness (QED) is 0.607. The molecule has 16 heavy (non-hydrogen) atoms. The smallest absolute Gasteiger partial charge is 0.185 e.